The van der Waals surface area contributed by atoms with Crippen LogP contribution in [0, 0.1) is 5.92 Å². The maximum absolute atomic E-state index is 6.06. The first-order chi connectivity index (χ1) is 9.70. The standard InChI is InChI=1S/C16H21NO3/c1-10(2)13-15(19-13)16-17-12(9-18-3)14(20-16)11-7-5-4-6-8-11/h4-8,10,12-15H,9H2,1-3H3/t12-,13+,14-,15-/m0/s1. The van der Waals surface area contributed by atoms with E-state index < -0.39 is 0 Å². The zero-order valence-electron chi connectivity index (χ0n) is 12.2. The molecule has 0 radical (unpaired) electrons. The summed E-state index contributed by atoms with van der Waals surface area (Å²) >= 11 is 0. The Bertz CT molecular complexity index is 486. The second-order valence-corrected chi connectivity index (χ2v) is 5.70. The fraction of sp³-hybridized carbons (Fsp3) is 0.562. The van der Waals surface area contributed by atoms with E-state index in [2.05, 4.69) is 31.0 Å². The monoisotopic (exact) mass is 275 g/mol. The van der Waals surface area contributed by atoms with Crippen molar-refractivity contribution in [3.8, 4) is 0 Å². The second-order valence-electron chi connectivity index (χ2n) is 5.70. The van der Waals surface area contributed by atoms with Crippen molar-refractivity contribution in [2.75, 3.05) is 13.7 Å². The van der Waals surface area contributed by atoms with Gasteiger partial charge in [-0.3, -0.25) is 0 Å². The lowest BCUT2D eigenvalue weighted by atomic mass is 10.0. The van der Waals surface area contributed by atoms with Gasteiger partial charge in [-0.1, -0.05) is 44.2 Å². The second kappa shape index (κ2) is 5.54. The molecule has 2 aliphatic rings. The summed E-state index contributed by atoms with van der Waals surface area (Å²) in [6.07, 6.45) is 0.206. The van der Waals surface area contributed by atoms with Crippen LogP contribution in [0.5, 0.6) is 0 Å². The number of benzene rings is 1. The summed E-state index contributed by atoms with van der Waals surface area (Å²) in [5.41, 5.74) is 1.13. The third kappa shape index (κ3) is 2.58. The number of hydrogen-bond donors (Lipinski definition) is 0. The first-order valence-corrected chi connectivity index (χ1v) is 7.14. The van der Waals surface area contributed by atoms with Gasteiger partial charge in [0.1, 0.15) is 12.1 Å². The molecule has 1 fully saturated rings. The van der Waals surface area contributed by atoms with E-state index in [9.17, 15) is 0 Å². The molecule has 4 atom stereocenters. The Morgan fingerprint density at radius 1 is 1.20 bits per heavy atom. The number of ether oxygens (including phenoxy) is 3. The molecule has 0 amide bonds. The van der Waals surface area contributed by atoms with Crippen LogP contribution in [0.15, 0.2) is 35.3 Å². The summed E-state index contributed by atoms with van der Waals surface area (Å²) in [5.74, 6) is 1.22. The zero-order chi connectivity index (χ0) is 14.1. The van der Waals surface area contributed by atoms with E-state index >= 15 is 0 Å². The molecule has 3 rings (SSSR count). The van der Waals surface area contributed by atoms with Crippen LogP contribution < -0.4 is 0 Å². The largest absolute Gasteiger partial charge is 0.468 e. The number of methoxy groups -OCH3 is 1. The van der Waals surface area contributed by atoms with E-state index in [4.69, 9.17) is 14.2 Å². The molecule has 4 heteroatoms. The number of epoxide rings is 1. The minimum atomic E-state index is -0.0665. The smallest absolute Gasteiger partial charge is 0.217 e. The lowest BCUT2D eigenvalue weighted by Crippen LogP contribution is -2.19. The molecule has 0 bridgehead atoms. The highest BCUT2D eigenvalue weighted by molar-refractivity contribution is 5.85. The predicted octanol–water partition coefficient (Wildman–Crippen LogP) is 2.59. The molecule has 108 valence electrons. The highest BCUT2D eigenvalue weighted by Gasteiger charge is 2.50. The lowest BCUT2D eigenvalue weighted by molar-refractivity contribution is 0.118. The van der Waals surface area contributed by atoms with Crippen molar-refractivity contribution in [2.45, 2.75) is 38.2 Å². The molecule has 0 N–H and O–H groups in total. The third-order valence-electron chi connectivity index (χ3n) is 3.78. The average Bonchev–Trinajstić information content (AvgIpc) is 3.16. The van der Waals surface area contributed by atoms with Crippen molar-refractivity contribution in [2.24, 2.45) is 10.9 Å². The maximum Gasteiger partial charge on any atom is 0.217 e. The van der Waals surface area contributed by atoms with Crippen molar-refractivity contribution in [1.82, 2.24) is 0 Å². The Labute approximate surface area is 119 Å². The van der Waals surface area contributed by atoms with Crippen molar-refractivity contribution in [3.05, 3.63) is 35.9 Å². The summed E-state index contributed by atoms with van der Waals surface area (Å²) in [5, 5.41) is 0. The van der Waals surface area contributed by atoms with Gasteiger partial charge in [0.2, 0.25) is 5.90 Å². The Morgan fingerprint density at radius 2 is 1.95 bits per heavy atom. The van der Waals surface area contributed by atoms with Gasteiger partial charge in [0, 0.05) is 7.11 Å². The van der Waals surface area contributed by atoms with E-state index in [0.29, 0.717) is 12.5 Å². The number of hydrogen-bond acceptors (Lipinski definition) is 4. The zero-order valence-corrected chi connectivity index (χ0v) is 12.2. The molecule has 2 aliphatic heterocycles. The summed E-state index contributed by atoms with van der Waals surface area (Å²) in [7, 11) is 1.69. The highest BCUT2D eigenvalue weighted by atomic mass is 16.6. The third-order valence-corrected chi connectivity index (χ3v) is 3.78. The molecule has 0 spiro atoms. The van der Waals surface area contributed by atoms with Crippen LogP contribution in [0.25, 0.3) is 0 Å². The molecule has 0 aromatic heterocycles. The normalized spacial score (nSPS) is 32.1. The average molecular weight is 275 g/mol. The summed E-state index contributed by atoms with van der Waals surface area (Å²) in [4.78, 5) is 4.67. The Balaban J connectivity index is 1.75. The molecule has 0 aliphatic carbocycles. The van der Waals surface area contributed by atoms with Gasteiger partial charge >= 0.3 is 0 Å². The van der Waals surface area contributed by atoms with Crippen LogP contribution in [-0.4, -0.2) is 37.9 Å². The van der Waals surface area contributed by atoms with Crippen LogP contribution in [0.3, 0.4) is 0 Å². The van der Waals surface area contributed by atoms with E-state index in [1.54, 1.807) is 7.11 Å². The molecule has 1 aromatic carbocycles. The molecule has 2 heterocycles. The van der Waals surface area contributed by atoms with Gasteiger partial charge in [0.15, 0.2) is 6.10 Å². The van der Waals surface area contributed by atoms with Crippen LogP contribution in [0.2, 0.25) is 0 Å². The molecular weight excluding hydrogens is 254 g/mol. The van der Waals surface area contributed by atoms with E-state index in [1.165, 1.54) is 0 Å². The van der Waals surface area contributed by atoms with Crippen molar-refractivity contribution >= 4 is 5.90 Å². The first-order valence-electron chi connectivity index (χ1n) is 7.14. The van der Waals surface area contributed by atoms with Crippen LogP contribution >= 0.6 is 0 Å². The SMILES string of the molecule is COC[C@@H]1N=C([C@H]2O[C@@H]2C(C)C)O[C@H]1c1ccccc1. The van der Waals surface area contributed by atoms with E-state index in [1.807, 2.05) is 18.2 Å². The van der Waals surface area contributed by atoms with Gasteiger partial charge in [-0.05, 0) is 11.5 Å². The van der Waals surface area contributed by atoms with Crippen molar-refractivity contribution < 1.29 is 14.2 Å². The minimum Gasteiger partial charge on any atom is -0.468 e. The predicted molar refractivity (Wildman–Crippen MR) is 76.9 cm³/mol. The summed E-state index contributed by atoms with van der Waals surface area (Å²) < 4.78 is 17.0. The van der Waals surface area contributed by atoms with E-state index in [0.717, 1.165) is 11.5 Å². The van der Waals surface area contributed by atoms with Crippen LogP contribution in [-0.2, 0) is 14.2 Å². The van der Waals surface area contributed by atoms with Gasteiger partial charge < -0.3 is 14.2 Å². The topological polar surface area (TPSA) is 43.3 Å². The molecule has 1 saturated heterocycles. The van der Waals surface area contributed by atoms with E-state index in [-0.39, 0.29) is 24.4 Å². The molecule has 20 heavy (non-hydrogen) atoms. The van der Waals surface area contributed by atoms with Gasteiger partial charge in [-0.2, -0.15) is 0 Å². The molecular formula is C16H21NO3. The van der Waals surface area contributed by atoms with Gasteiger partial charge in [0.25, 0.3) is 0 Å². The van der Waals surface area contributed by atoms with Crippen molar-refractivity contribution in [1.29, 1.82) is 0 Å². The maximum atomic E-state index is 6.06. The highest BCUT2D eigenvalue weighted by Crippen LogP contribution is 2.37. The number of aliphatic imine (C=N–C) groups is 1. The summed E-state index contributed by atoms with van der Waals surface area (Å²) in [6, 6.07) is 10.2. The Morgan fingerprint density at radius 3 is 2.55 bits per heavy atom. The van der Waals surface area contributed by atoms with Crippen LogP contribution in [0.4, 0.5) is 0 Å². The molecule has 1 aromatic rings. The van der Waals surface area contributed by atoms with Crippen molar-refractivity contribution in [3.63, 3.8) is 0 Å². The molecule has 0 saturated carbocycles. The first kappa shape index (κ1) is 13.6. The fourth-order valence-corrected chi connectivity index (χ4v) is 2.67. The Hall–Kier alpha value is -1.39. The fourth-order valence-electron chi connectivity index (χ4n) is 2.67. The quantitative estimate of drug-likeness (QED) is 0.776. The number of rotatable bonds is 5. The van der Waals surface area contributed by atoms with Gasteiger partial charge in [-0.15, -0.1) is 0 Å². The number of nitrogens with zero attached hydrogens (tertiary/aromatic N) is 1. The Kier molecular flexibility index (Phi) is 3.76. The molecule has 4 nitrogen and oxygen atoms in total. The van der Waals surface area contributed by atoms with Gasteiger partial charge in [-0.25, -0.2) is 4.99 Å². The lowest BCUT2D eigenvalue weighted by Gasteiger charge is -2.17. The van der Waals surface area contributed by atoms with Gasteiger partial charge in [0.05, 0.1) is 12.7 Å². The molecule has 0 unspecified atom stereocenters. The van der Waals surface area contributed by atoms with Crippen LogP contribution in [0.1, 0.15) is 25.5 Å². The minimum absolute atomic E-state index is 0.00872. The summed E-state index contributed by atoms with van der Waals surface area (Å²) in [6.45, 7) is 4.87.